The van der Waals surface area contributed by atoms with Crippen LogP contribution in [0.3, 0.4) is 0 Å². The molecule has 0 saturated carbocycles. The highest BCUT2D eigenvalue weighted by atomic mass is 32.2. The molecule has 1 aromatic rings. The van der Waals surface area contributed by atoms with E-state index in [1.165, 1.54) is 30.3 Å². The molecule has 106 valence electrons. The lowest BCUT2D eigenvalue weighted by Crippen LogP contribution is -2.22. The zero-order valence-electron chi connectivity index (χ0n) is 11.0. The van der Waals surface area contributed by atoms with Gasteiger partial charge >= 0.3 is 0 Å². The van der Waals surface area contributed by atoms with Gasteiger partial charge in [0.1, 0.15) is 0 Å². The zero-order valence-corrected chi connectivity index (χ0v) is 11.9. The van der Waals surface area contributed by atoms with Gasteiger partial charge in [0, 0.05) is 11.4 Å². The van der Waals surface area contributed by atoms with Crippen molar-refractivity contribution in [2.45, 2.75) is 11.8 Å². The first-order valence-corrected chi connectivity index (χ1v) is 7.30. The normalized spacial score (nSPS) is 12.2. The van der Waals surface area contributed by atoms with Crippen LogP contribution in [-0.4, -0.2) is 14.8 Å². The molecule has 0 aliphatic rings. The maximum Gasteiger partial charge on any atom is 0.261 e. The molecular formula is C14H16N2O3S. The van der Waals surface area contributed by atoms with E-state index in [1.54, 1.807) is 25.2 Å². The first-order chi connectivity index (χ1) is 9.53. The van der Waals surface area contributed by atoms with Crippen molar-refractivity contribution in [2.24, 2.45) is 0 Å². The van der Waals surface area contributed by atoms with Crippen LogP contribution < -0.4 is 10.0 Å². The maximum absolute atomic E-state index is 12.2. The summed E-state index contributed by atoms with van der Waals surface area (Å²) in [5.41, 5.74) is 0.937. The molecule has 0 atom stereocenters. The van der Waals surface area contributed by atoms with E-state index in [0.29, 0.717) is 17.8 Å². The van der Waals surface area contributed by atoms with Gasteiger partial charge in [0.05, 0.1) is 4.90 Å². The average Bonchev–Trinajstić information content (AvgIpc) is 2.40. The lowest BCUT2D eigenvalue weighted by atomic mass is 10.3. The fourth-order valence-corrected chi connectivity index (χ4v) is 2.50. The lowest BCUT2D eigenvalue weighted by Gasteiger charge is -2.09. The summed E-state index contributed by atoms with van der Waals surface area (Å²) in [5, 5.41) is 2.44. The summed E-state index contributed by atoms with van der Waals surface area (Å²) < 4.78 is 26.8. The molecule has 0 heterocycles. The van der Waals surface area contributed by atoms with Crippen LogP contribution in [0.15, 0.2) is 65.7 Å². The monoisotopic (exact) mass is 292 g/mol. The van der Waals surface area contributed by atoms with Crippen molar-refractivity contribution in [3.8, 4) is 0 Å². The van der Waals surface area contributed by atoms with Crippen molar-refractivity contribution in [3.63, 3.8) is 0 Å². The molecule has 0 fully saturated rings. The lowest BCUT2D eigenvalue weighted by molar-refractivity contribution is -0.105. The molecule has 0 bridgehead atoms. The van der Waals surface area contributed by atoms with Crippen LogP contribution in [0.1, 0.15) is 6.92 Å². The molecule has 0 aliphatic heterocycles. The molecule has 0 saturated heterocycles. The second-order valence-electron chi connectivity index (χ2n) is 3.75. The number of allylic oxidation sites excluding steroid dienone is 4. The summed E-state index contributed by atoms with van der Waals surface area (Å²) in [6.07, 6.45) is 6.92. The van der Waals surface area contributed by atoms with Crippen molar-refractivity contribution >= 4 is 22.1 Å². The van der Waals surface area contributed by atoms with E-state index in [9.17, 15) is 13.2 Å². The number of rotatable bonds is 7. The summed E-state index contributed by atoms with van der Waals surface area (Å²) in [6.45, 7) is 5.31. The number of hydrogen-bond acceptors (Lipinski definition) is 3. The van der Waals surface area contributed by atoms with Crippen LogP contribution in [0, 0.1) is 0 Å². The topological polar surface area (TPSA) is 75.3 Å². The minimum absolute atomic E-state index is 0.105. The molecule has 0 aliphatic carbocycles. The van der Waals surface area contributed by atoms with Gasteiger partial charge in [-0.1, -0.05) is 18.7 Å². The second kappa shape index (κ2) is 7.30. The standard InChI is InChI=1S/C14H16N2O3S/c1-3-5-13(6-4-2)16-20(18,19)14-9-7-12(8-10-14)15-11-17/h3-11,16H,1H2,2H3,(H,15,17)/b6-4-,13-5+. The van der Waals surface area contributed by atoms with Gasteiger partial charge in [-0.25, -0.2) is 8.42 Å². The molecule has 1 aromatic carbocycles. The fourth-order valence-electron chi connectivity index (χ4n) is 1.44. The Labute approximate surface area is 118 Å². The van der Waals surface area contributed by atoms with E-state index in [1.807, 2.05) is 0 Å². The zero-order chi connectivity index (χ0) is 15.0. The maximum atomic E-state index is 12.2. The Bertz CT molecular complexity index is 629. The van der Waals surface area contributed by atoms with E-state index in [0.717, 1.165) is 0 Å². The summed E-state index contributed by atoms with van der Waals surface area (Å²) >= 11 is 0. The van der Waals surface area contributed by atoms with Crippen LogP contribution in [0.2, 0.25) is 0 Å². The Morgan fingerprint density at radius 3 is 2.40 bits per heavy atom. The van der Waals surface area contributed by atoms with Gasteiger partial charge in [-0.15, -0.1) is 0 Å². The highest BCUT2D eigenvalue weighted by Crippen LogP contribution is 2.14. The summed E-state index contributed by atoms with van der Waals surface area (Å²) in [4.78, 5) is 10.4. The average molecular weight is 292 g/mol. The Morgan fingerprint density at radius 1 is 1.25 bits per heavy atom. The SMILES string of the molecule is C=C/C=C(\C=C/C)NS(=O)(=O)c1ccc(NC=O)cc1. The van der Waals surface area contributed by atoms with Crippen LogP contribution in [0.25, 0.3) is 0 Å². The third kappa shape index (κ3) is 4.40. The van der Waals surface area contributed by atoms with E-state index < -0.39 is 10.0 Å². The Balaban J connectivity index is 3.01. The molecule has 0 aromatic heterocycles. The summed E-state index contributed by atoms with van der Waals surface area (Å²) in [7, 11) is -3.67. The minimum atomic E-state index is -3.67. The molecule has 20 heavy (non-hydrogen) atoms. The fraction of sp³-hybridized carbons (Fsp3) is 0.0714. The first kappa shape index (κ1) is 15.7. The molecule has 0 spiro atoms. The molecule has 2 N–H and O–H groups in total. The van der Waals surface area contributed by atoms with Crippen molar-refractivity contribution in [1.82, 2.24) is 4.72 Å². The van der Waals surface area contributed by atoms with E-state index in [4.69, 9.17) is 0 Å². The number of carbonyl (C=O) groups excluding carboxylic acids is 1. The predicted octanol–water partition coefficient (Wildman–Crippen LogP) is 2.18. The molecule has 1 rings (SSSR count). The van der Waals surface area contributed by atoms with Gasteiger partial charge in [-0.05, 0) is 43.3 Å². The van der Waals surface area contributed by atoms with Crippen molar-refractivity contribution in [3.05, 3.63) is 60.8 Å². The second-order valence-corrected chi connectivity index (χ2v) is 5.43. The quantitative estimate of drug-likeness (QED) is 0.597. The molecule has 0 unspecified atom stereocenters. The first-order valence-electron chi connectivity index (χ1n) is 5.82. The van der Waals surface area contributed by atoms with Gasteiger partial charge in [0.15, 0.2) is 0 Å². The number of anilines is 1. The van der Waals surface area contributed by atoms with Gasteiger partial charge < -0.3 is 5.32 Å². The van der Waals surface area contributed by atoms with E-state index >= 15 is 0 Å². The highest BCUT2D eigenvalue weighted by Gasteiger charge is 2.13. The number of hydrogen-bond donors (Lipinski definition) is 2. The minimum Gasteiger partial charge on any atom is -0.329 e. The molecule has 6 heteroatoms. The van der Waals surface area contributed by atoms with Crippen molar-refractivity contribution in [2.75, 3.05) is 5.32 Å². The van der Waals surface area contributed by atoms with Gasteiger partial charge in [-0.2, -0.15) is 0 Å². The Hall–Kier alpha value is -2.34. The molecule has 0 radical (unpaired) electrons. The largest absolute Gasteiger partial charge is 0.329 e. The van der Waals surface area contributed by atoms with Crippen molar-refractivity contribution in [1.29, 1.82) is 0 Å². The number of benzene rings is 1. The van der Waals surface area contributed by atoms with Gasteiger partial charge in [0.25, 0.3) is 10.0 Å². The number of amides is 1. The third-order valence-electron chi connectivity index (χ3n) is 2.29. The number of nitrogens with one attached hydrogen (secondary N) is 2. The van der Waals surface area contributed by atoms with Gasteiger partial charge in [0.2, 0.25) is 6.41 Å². The van der Waals surface area contributed by atoms with E-state index in [2.05, 4.69) is 16.6 Å². The van der Waals surface area contributed by atoms with Crippen LogP contribution >= 0.6 is 0 Å². The van der Waals surface area contributed by atoms with Crippen molar-refractivity contribution < 1.29 is 13.2 Å². The summed E-state index contributed by atoms with van der Waals surface area (Å²) in [5.74, 6) is 0. The van der Waals surface area contributed by atoms with E-state index in [-0.39, 0.29) is 4.90 Å². The van der Waals surface area contributed by atoms with Crippen LogP contribution in [0.5, 0.6) is 0 Å². The third-order valence-corrected chi connectivity index (χ3v) is 3.68. The Kier molecular flexibility index (Phi) is 5.74. The molecular weight excluding hydrogens is 276 g/mol. The Morgan fingerprint density at radius 2 is 1.90 bits per heavy atom. The smallest absolute Gasteiger partial charge is 0.261 e. The number of carbonyl (C=O) groups is 1. The molecule has 5 nitrogen and oxygen atoms in total. The van der Waals surface area contributed by atoms with Crippen LogP contribution in [-0.2, 0) is 14.8 Å². The predicted molar refractivity (Wildman–Crippen MR) is 79.5 cm³/mol. The number of sulfonamides is 1. The highest BCUT2D eigenvalue weighted by molar-refractivity contribution is 7.89. The molecule has 1 amide bonds. The summed E-state index contributed by atoms with van der Waals surface area (Å²) in [6, 6.07) is 5.84. The van der Waals surface area contributed by atoms with Gasteiger partial charge in [-0.3, -0.25) is 9.52 Å². The van der Waals surface area contributed by atoms with Crippen LogP contribution in [0.4, 0.5) is 5.69 Å².